The van der Waals surface area contributed by atoms with Crippen molar-refractivity contribution in [1.82, 2.24) is 19.7 Å². The fourth-order valence-electron chi connectivity index (χ4n) is 2.86. The third kappa shape index (κ3) is 2.65. The van der Waals surface area contributed by atoms with Gasteiger partial charge in [-0.05, 0) is 42.7 Å². The molecule has 0 saturated carbocycles. The van der Waals surface area contributed by atoms with Gasteiger partial charge in [-0.15, -0.1) is 0 Å². The number of aryl methyl sites for hydroxylation is 1. The van der Waals surface area contributed by atoms with Gasteiger partial charge in [0.2, 0.25) is 5.91 Å². The van der Waals surface area contributed by atoms with Crippen LogP contribution in [0.15, 0.2) is 36.7 Å². The van der Waals surface area contributed by atoms with E-state index in [-0.39, 0.29) is 12.5 Å². The van der Waals surface area contributed by atoms with E-state index in [4.69, 9.17) is 11.6 Å². The molecule has 24 heavy (non-hydrogen) atoms. The fourth-order valence-corrected chi connectivity index (χ4v) is 2.98. The molecule has 3 heterocycles. The number of rotatable bonds is 3. The Kier molecular flexibility index (Phi) is 3.73. The summed E-state index contributed by atoms with van der Waals surface area (Å²) in [6, 6.07) is 7.93. The summed E-state index contributed by atoms with van der Waals surface area (Å²) < 4.78 is 1.73. The Morgan fingerprint density at radius 1 is 1.21 bits per heavy atom. The van der Waals surface area contributed by atoms with Gasteiger partial charge < -0.3 is 4.90 Å². The van der Waals surface area contributed by atoms with E-state index < -0.39 is 0 Å². The van der Waals surface area contributed by atoms with E-state index in [1.165, 1.54) is 0 Å². The number of benzene rings is 1. The zero-order valence-corrected chi connectivity index (χ0v) is 14.1. The van der Waals surface area contributed by atoms with Crippen LogP contribution in [-0.2, 0) is 11.3 Å². The largest absolute Gasteiger partial charge is 0.341 e. The van der Waals surface area contributed by atoms with Crippen LogP contribution >= 0.6 is 11.6 Å². The van der Waals surface area contributed by atoms with Gasteiger partial charge in [-0.1, -0.05) is 17.7 Å². The molecule has 0 radical (unpaired) electrons. The van der Waals surface area contributed by atoms with Crippen molar-refractivity contribution in [3.63, 3.8) is 0 Å². The SMILES string of the molecule is Cc1cc(-c2cnc3cnn(CC(=O)N4CCC4)c3c2)ccc1Cl. The van der Waals surface area contributed by atoms with E-state index >= 15 is 0 Å². The molecule has 0 atom stereocenters. The van der Waals surface area contributed by atoms with Crippen LogP contribution in [0.3, 0.4) is 0 Å². The number of hydrogen-bond acceptors (Lipinski definition) is 3. The number of halogens is 1. The first-order valence-electron chi connectivity index (χ1n) is 7.98. The minimum absolute atomic E-state index is 0.110. The molecule has 3 aromatic rings. The van der Waals surface area contributed by atoms with Crippen LogP contribution < -0.4 is 0 Å². The Labute approximate surface area is 144 Å². The Morgan fingerprint density at radius 2 is 2.04 bits per heavy atom. The maximum absolute atomic E-state index is 12.2. The molecule has 0 unspecified atom stereocenters. The van der Waals surface area contributed by atoms with Crippen LogP contribution in [0.1, 0.15) is 12.0 Å². The van der Waals surface area contributed by atoms with E-state index in [0.29, 0.717) is 0 Å². The molecule has 1 saturated heterocycles. The maximum Gasteiger partial charge on any atom is 0.244 e. The second-order valence-corrected chi connectivity index (χ2v) is 6.54. The predicted octanol–water partition coefficient (Wildman–Crippen LogP) is 3.29. The average molecular weight is 341 g/mol. The minimum atomic E-state index is 0.110. The van der Waals surface area contributed by atoms with Gasteiger partial charge in [0.05, 0.1) is 11.7 Å². The van der Waals surface area contributed by atoms with Gasteiger partial charge in [-0.2, -0.15) is 5.10 Å². The molecule has 4 rings (SSSR count). The quantitative estimate of drug-likeness (QED) is 0.735. The van der Waals surface area contributed by atoms with Crippen LogP contribution in [0.25, 0.3) is 22.2 Å². The Hall–Kier alpha value is -2.40. The zero-order valence-electron chi connectivity index (χ0n) is 13.4. The van der Waals surface area contributed by atoms with Crippen molar-refractivity contribution >= 4 is 28.5 Å². The maximum atomic E-state index is 12.2. The number of hydrogen-bond donors (Lipinski definition) is 0. The Balaban J connectivity index is 1.69. The Bertz CT molecular complexity index is 930. The van der Waals surface area contributed by atoms with E-state index in [1.807, 2.05) is 42.3 Å². The number of nitrogens with zero attached hydrogens (tertiary/aromatic N) is 4. The highest BCUT2D eigenvalue weighted by Gasteiger charge is 2.21. The Morgan fingerprint density at radius 3 is 2.75 bits per heavy atom. The summed E-state index contributed by atoms with van der Waals surface area (Å²) in [5, 5.41) is 5.08. The lowest BCUT2D eigenvalue weighted by Gasteiger charge is -2.30. The lowest BCUT2D eigenvalue weighted by molar-refractivity contribution is -0.135. The number of pyridine rings is 1. The van der Waals surface area contributed by atoms with Gasteiger partial charge in [0, 0.05) is 29.9 Å². The van der Waals surface area contributed by atoms with E-state index in [2.05, 4.69) is 10.1 Å². The van der Waals surface area contributed by atoms with E-state index in [0.717, 1.165) is 52.3 Å². The lowest BCUT2D eigenvalue weighted by atomic mass is 10.0. The second-order valence-electron chi connectivity index (χ2n) is 6.13. The molecule has 0 bridgehead atoms. The van der Waals surface area contributed by atoms with Gasteiger partial charge in [-0.25, -0.2) is 0 Å². The van der Waals surface area contributed by atoms with Crippen molar-refractivity contribution in [3.05, 3.63) is 47.2 Å². The van der Waals surface area contributed by atoms with Gasteiger partial charge in [0.25, 0.3) is 0 Å². The molecular weight excluding hydrogens is 324 g/mol. The number of carbonyl (C=O) groups excluding carboxylic acids is 1. The number of carbonyl (C=O) groups is 1. The summed E-state index contributed by atoms with van der Waals surface area (Å²) in [5.74, 6) is 0.110. The monoisotopic (exact) mass is 340 g/mol. The standard InChI is InChI=1S/C18H17ClN4O/c1-12-7-13(3-4-15(12)19)14-8-17-16(20-9-14)10-21-23(17)11-18(24)22-5-2-6-22/h3-4,7-10H,2,5-6,11H2,1H3. The number of fused-ring (bicyclic) bond motifs is 1. The molecule has 6 heteroatoms. The fraction of sp³-hybridized carbons (Fsp3) is 0.278. The molecule has 0 spiro atoms. The van der Waals surface area contributed by atoms with E-state index in [1.54, 1.807) is 10.9 Å². The minimum Gasteiger partial charge on any atom is -0.341 e. The van der Waals surface area contributed by atoms with E-state index in [9.17, 15) is 4.79 Å². The third-order valence-electron chi connectivity index (χ3n) is 4.48. The molecule has 1 aliphatic heterocycles. The number of aromatic nitrogens is 3. The highest BCUT2D eigenvalue weighted by atomic mass is 35.5. The van der Waals surface area contributed by atoms with Crippen molar-refractivity contribution in [3.8, 4) is 11.1 Å². The normalized spacial score (nSPS) is 14.0. The predicted molar refractivity (Wildman–Crippen MR) is 93.9 cm³/mol. The van der Waals surface area contributed by atoms with Gasteiger partial charge in [-0.3, -0.25) is 14.5 Å². The van der Waals surface area contributed by atoms with Gasteiger partial charge in [0.15, 0.2) is 0 Å². The van der Waals surface area contributed by atoms with Crippen LogP contribution in [0.2, 0.25) is 5.02 Å². The number of likely N-dealkylation sites (tertiary alicyclic amines) is 1. The number of amides is 1. The molecule has 0 N–H and O–H groups in total. The third-order valence-corrected chi connectivity index (χ3v) is 4.90. The van der Waals surface area contributed by atoms with Crippen LogP contribution in [0.5, 0.6) is 0 Å². The molecule has 0 aliphatic carbocycles. The van der Waals surface area contributed by atoms with Crippen molar-refractivity contribution in [2.45, 2.75) is 19.9 Å². The van der Waals surface area contributed by atoms with Crippen LogP contribution in [-0.4, -0.2) is 38.7 Å². The summed E-state index contributed by atoms with van der Waals surface area (Å²) in [4.78, 5) is 18.5. The average Bonchev–Trinajstić information content (AvgIpc) is 2.90. The lowest BCUT2D eigenvalue weighted by Crippen LogP contribution is -2.43. The summed E-state index contributed by atoms with van der Waals surface area (Å²) >= 11 is 6.11. The molecule has 5 nitrogen and oxygen atoms in total. The first-order valence-corrected chi connectivity index (χ1v) is 8.35. The van der Waals surface area contributed by atoms with Crippen molar-refractivity contribution in [1.29, 1.82) is 0 Å². The summed E-state index contributed by atoms with van der Waals surface area (Å²) in [6.07, 6.45) is 4.62. The summed E-state index contributed by atoms with van der Waals surface area (Å²) in [7, 11) is 0. The molecular formula is C18H17ClN4O. The first-order chi connectivity index (χ1) is 11.6. The molecule has 1 aliphatic rings. The molecule has 1 fully saturated rings. The summed E-state index contributed by atoms with van der Waals surface area (Å²) in [5.41, 5.74) is 4.72. The van der Waals surface area contributed by atoms with Gasteiger partial charge >= 0.3 is 0 Å². The van der Waals surface area contributed by atoms with Crippen LogP contribution in [0.4, 0.5) is 0 Å². The topological polar surface area (TPSA) is 51.0 Å². The molecule has 2 aromatic heterocycles. The van der Waals surface area contributed by atoms with Crippen LogP contribution in [0, 0.1) is 6.92 Å². The van der Waals surface area contributed by atoms with Gasteiger partial charge in [0.1, 0.15) is 12.1 Å². The molecule has 1 aromatic carbocycles. The van der Waals surface area contributed by atoms with Crippen molar-refractivity contribution in [2.75, 3.05) is 13.1 Å². The zero-order chi connectivity index (χ0) is 16.7. The molecule has 1 amide bonds. The highest BCUT2D eigenvalue weighted by molar-refractivity contribution is 6.31. The first kappa shape index (κ1) is 15.1. The van der Waals surface area contributed by atoms with Crippen molar-refractivity contribution in [2.24, 2.45) is 0 Å². The molecule has 122 valence electrons. The summed E-state index contributed by atoms with van der Waals surface area (Å²) in [6.45, 7) is 3.94. The smallest absolute Gasteiger partial charge is 0.244 e. The highest BCUT2D eigenvalue weighted by Crippen LogP contribution is 2.26. The van der Waals surface area contributed by atoms with Crippen molar-refractivity contribution < 1.29 is 4.79 Å². The second kappa shape index (κ2) is 5.91.